The second kappa shape index (κ2) is 3.98. The molecule has 4 heteroatoms. The Balaban J connectivity index is 2.33. The molecule has 0 aliphatic heterocycles. The Labute approximate surface area is 91.7 Å². The molecule has 0 atom stereocenters. The van der Waals surface area contributed by atoms with Gasteiger partial charge in [-0.05, 0) is 24.6 Å². The molecule has 0 aliphatic carbocycles. The van der Waals surface area contributed by atoms with Gasteiger partial charge in [-0.2, -0.15) is 0 Å². The number of benzene rings is 1. The summed E-state index contributed by atoms with van der Waals surface area (Å²) in [6, 6.07) is 5.85. The fourth-order valence-electron chi connectivity index (χ4n) is 1.43. The molecular weight excluding hydrogens is 210 g/mol. The molecule has 1 heterocycles. The van der Waals surface area contributed by atoms with Crippen molar-refractivity contribution in [2.75, 3.05) is 7.11 Å². The van der Waals surface area contributed by atoms with Gasteiger partial charge >= 0.3 is 5.97 Å². The lowest BCUT2D eigenvalue weighted by Gasteiger charge is -1.99. The molecular formula is C11H11NO2S. The van der Waals surface area contributed by atoms with Crippen LogP contribution in [0, 0.1) is 6.92 Å². The minimum Gasteiger partial charge on any atom is -0.469 e. The zero-order chi connectivity index (χ0) is 10.8. The van der Waals surface area contributed by atoms with Crippen LogP contribution in [0.4, 0.5) is 0 Å². The lowest BCUT2D eigenvalue weighted by atomic mass is 10.1. The van der Waals surface area contributed by atoms with Crippen LogP contribution in [0.2, 0.25) is 0 Å². The Hall–Kier alpha value is -1.42. The van der Waals surface area contributed by atoms with Crippen molar-refractivity contribution in [3.63, 3.8) is 0 Å². The third kappa shape index (κ3) is 2.15. The molecule has 2 aromatic rings. The van der Waals surface area contributed by atoms with Gasteiger partial charge in [-0.15, -0.1) is 11.3 Å². The molecule has 0 N–H and O–H groups in total. The number of hydrogen-bond donors (Lipinski definition) is 0. The van der Waals surface area contributed by atoms with Crippen molar-refractivity contribution < 1.29 is 9.53 Å². The second-order valence-corrected chi connectivity index (χ2v) is 4.52. The smallest absolute Gasteiger partial charge is 0.309 e. The van der Waals surface area contributed by atoms with Crippen LogP contribution in [-0.2, 0) is 16.0 Å². The summed E-state index contributed by atoms with van der Waals surface area (Å²) in [4.78, 5) is 15.4. The van der Waals surface area contributed by atoms with Gasteiger partial charge in [0.1, 0.15) is 0 Å². The Kier molecular flexibility index (Phi) is 2.68. The van der Waals surface area contributed by atoms with Gasteiger partial charge in [0.2, 0.25) is 0 Å². The van der Waals surface area contributed by atoms with Crippen LogP contribution < -0.4 is 0 Å². The maximum atomic E-state index is 11.1. The summed E-state index contributed by atoms with van der Waals surface area (Å²) in [6.45, 7) is 1.98. The van der Waals surface area contributed by atoms with Crippen molar-refractivity contribution >= 4 is 27.5 Å². The second-order valence-electron chi connectivity index (χ2n) is 3.29. The lowest BCUT2D eigenvalue weighted by molar-refractivity contribution is -0.139. The molecule has 78 valence electrons. The van der Waals surface area contributed by atoms with Crippen LogP contribution >= 0.6 is 11.3 Å². The molecule has 0 bridgehead atoms. The number of carbonyl (C=O) groups is 1. The average molecular weight is 221 g/mol. The highest BCUT2D eigenvalue weighted by Gasteiger charge is 2.05. The van der Waals surface area contributed by atoms with E-state index in [0.29, 0.717) is 6.42 Å². The summed E-state index contributed by atoms with van der Waals surface area (Å²) in [5, 5.41) is 1.04. The number of rotatable bonds is 2. The van der Waals surface area contributed by atoms with Gasteiger partial charge in [0, 0.05) is 0 Å². The number of fused-ring (bicyclic) bond motifs is 1. The van der Waals surface area contributed by atoms with Crippen molar-refractivity contribution in [1.29, 1.82) is 0 Å². The van der Waals surface area contributed by atoms with Crippen molar-refractivity contribution in [2.24, 2.45) is 0 Å². The quantitative estimate of drug-likeness (QED) is 0.730. The SMILES string of the molecule is COC(=O)Cc1ccc2nc(C)sc2c1. The van der Waals surface area contributed by atoms with E-state index >= 15 is 0 Å². The third-order valence-electron chi connectivity index (χ3n) is 2.14. The van der Waals surface area contributed by atoms with Crippen LogP contribution in [-0.4, -0.2) is 18.1 Å². The Bertz CT molecular complexity index is 504. The number of aromatic nitrogens is 1. The summed E-state index contributed by atoms with van der Waals surface area (Å²) >= 11 is 1.64. The lowest BCUT2D eigenvalue weighted by Crippen LogP contribution is -2.03. The van der Waals surface area contributed by atoms with Crippen molar-refractivity contribution in [3.05, 3.63) is 28.8 Å². The van der Waals surface area contributed by atoms with Gasteiger partial charge in [0.15, 0.2) is 0 Å². The number of esters is 1. The number of carbonyl (C=O) groups excluding carboxylic acids is 1. The Morgan fingerprint density at radius 2 is 2.33 bits per heavy atom. The summed E-state index contributed by atoms with van der Waals surface area (Å²) < 4.78 is 5.74. The van der Waals surface area contributed by atoms with Crippen molar-refractivity contribution in [1.82, 2.24) is 4.98 Å². The molecule has 0 amide bonds. The summed E-state index contributed by atoms with van der Waals surface area (Å²) in [5.41, 5.74) is 1.96. The van der Waals surface area contributed by atoms with E-state index < -0.39 is 0 Å². The largest absolute Gasteiger partial charge is 0.469 e. The molecule has 0 saturated heterocycles. The first-order chi connectivity index (χ1) is 7.19. The highest BCUT2D eigenvalue weighted by molar-refractivity contribution is 7.18. The van der Waals surface area contributed by atoms with Gasteiger partial charge in [-0.3, -0.25) is 4.79 Å². The number of nitrogens with zero attached hydrogens (tertiary/aromatic N) is 1. The Morgan fingerprint density at radius 3 is 3.07 bits per heavy atom. The van der Waals surface area contributed by atoms with Gasteiger partial charge in [-0.25, -0.2) is 4.98 Å². The molecule has 1 aromatic heterocycles. The van der Waals surface area contributed by atoms with E-state index in [-0.39, 0.29) is 5.97 Å². The fraction of sp³-hybridized carbons (Fsp3) is 0.273. The number of hydrogen-bond acceptors (Lipinski definition) is 4. The molecule has 1 aromatic carbocycles. The molecule has 3 nitrogen and oxygen atoms in total. The van der Waals surface area contributed by atoms with E-state index in [1.165, 1.54) is 7.11 Å². The maximum Gasteiger partial charge on any atom is 0.309 e. The first kappa shape index (κ1) is 10.1. The number of aryl methyl sites for hydroxylation is 1. The van der Waals surface area contributed by atoms with Crippen LogP contribution in [0.15, 0.2) is 18.2 Å². The molecule has 0 unspecified atom stereocenters. The van der Waals surface area contributed by atoms with Crippen LogP contribution in [0.3, 0.4) is 0 Å². The van der Waals surface area contributed by atoms with Crippen molar-refractivity contribution in [3.8, 4) is 0 Å². The van der Waals surface area contributed by atoms with E-state index in [1.807, 2.05) is 25.1 Å². The van der Waals surface area contributed by atoms with Gasteiger partial charge in [0.05, 0.1) is 28.8 Å². The van der Waals surface area contributed by atoms with Gasteiger partial charge in [-0.1, -0.05) is 6.07 Å². The standard InChI is InChI=1S/C11H11NO2S/c1-7-12-9-4-3-8(5-10(9)15-7)6-11(13)14-2/h3-5H,6H2,1-2H3. The molecule has 0 radical (unpaired) electrons. The first-order valence-corrected chi connectivity index (χ1v) is 5.43. The van der Waals surface area contributed by atoms with E-state index in [2.05, 4.69) is 9.72 Å². The summed E-state index contributed by atoms with van der Waals surface area (Å²) in [6.07, 6.45) is 0.323. The topological polar surface area (TPSA) is 39.2 Å². The number of ether oxygens (including phenoxy) is 1. The third-order valence-corrected chi connectivity index (χ3v) is 3.07. The normalized spacial score (nSPS) is 10.5. The highest BCUT2D eigenvalue weighted by atomic mass is 32.1. The maximum absolute atomic E-state index is 11.1. The molecule has 0 aliphatic rings. The fourth-order valence-corrected chi connectivity index (χ4v) is 2.32. The minimum absolute atomic E-state index is 0.212. The molecule has 0 spiro atoms. The average Bonchev–Trinajstić information content (AvgIpc) is 2.57. The monoisotopic (exact) mass is 221 g/mol. The molecule has 15 heavy (non-hydrogen) atoms. The predicted octanol–water partition coefficient (Wildman–Crippen LogP) is 2.32. The van der Waals surface area contributed by atoms with Crippen molar-refractivity contribution in [2.45, 2.75) is 13.3 Å². The van der Waals surface area contributed by atoms with Crippen LogP contribution in [0.1, 0.15) is 10.6 Å². The van der Waals surface area contributed by atoms with Crippen LogP contribution in [0.5, 0.6) is 0 Å². The molecule has 2 rings (SSSR count). The van der Waals surface area contributed by atoms with E-state index in [1.54, 1.807) is 11.3 Å². The zero-order valence-electron chi connectivity index (χ0n) is 8.61. The van der Waals surface area contributed by atoms with Gasteiger partial charge in [0.25, 0.3) is 0 Å². The Morgan fingerprint density at radius 1 is 1.53 bits per heavy atom. The molecule has 0 fully saturated rings. The van der Waals surface area contributed by atoms with E-state index in [9.17, 15) is 4.79 Å². The van der Waals surface area contributed by atoms with E-state index in [0.717, 1.165) is 20.8 Å². The van der Waals surface area contributed by atoms with E-state index in [4.69, 9.17) is 0 Å². The summed E-state index contributed by atoms with van der Waals surface area (Å²) in [5.74, 6) is -0.212. The summed E-state index contributed by atoms with van der Waals surface area (Å²) in [7, 11) is 1.40. The number of methoxy groups -OCH3 is 1. The first-order valence-electron chi connectivity index (χ1n) is 4.62. The van der Waals surface area contributed by atoms with Crippen LogP contribution in [0.25, 0.3) is 10.2 Å². The minimum atomic E-state index is -0.212. The zero-order valence-corrected chi connectivity index (χ0v) is 9.43. The van der Waals surface area contributed by atoms with Gasteiger partial charge < -0.3 is 4.74 Å². The predicted molar refractivity (Wildman–Crippen MR) is 60.1 cm³/mol. The number of thiazole rings is 1. The highest BCUT2D eigenvalue weighted by Crippen LogP contribution is 2.22. The molecule has 0 saturated carbocycles.